The molecule has 0 bridgehead atoms. The fraction of sp³-hybridized carbons (Fsp3) is 0.389. The van der Waals surface area contributed by atoms with Gasteiger partial charge in [-0.3, -0.25) is 4.98 Å². The SMILES string of the molecule is CCCNC1CCc2cc(-c3cncc(OC)c3)ccc21. The molecule has 0 amide bonds. The first-order valence-corrected chi connectivity index (χ1v) is 7.67. The third kappa shape index (κ3) is 2.93. The molecule has 1 aliphatic carbocycles. The maximum Gasteiger partial charge on any atom is 0.137 e. The van der Waals surface area contributed by atoms with Crippen molar-refractivity contribution < 1.29 is 4.74 Å². The van der Waals surface area contributed by atoms with E-state index < -0.39 is 0 Å². The van der Waals surface area contributed by atoms with Gasteiger partial charge in [0.05, 0.1) is 13.3 Å². The van der Waals surface area contributed by atoms with Gasteiger partial charge in [0, 0.05) is 17.8 Å². The summed E-state index contributed by atoms with van der Waals surface area (Å²) in [5.41, 5.74) is 5.25. The van der Waals surface area contributed by atoms with E-state index in [9.17, 15) is 0 Å². The van der Waals surface area contributed by atoms with Gasteiger partial charge >= 0.3 is 0 Å². The number of fused-ring (bicyclic) bond motifs is 1. The lowest BCUT2D eigenvalue weighted by molar-refractivity contribution is 0.413. The number of benzene rings is 1. The fourth-order valence-electron chi connectivity index (χ4n) is 3.02. The van der Waals surface area contributed by atoms with Crippen molar-refractivity contribution in [3.8, 4) is 16.9 Å². The lowest BCUT2D eigenvalue weighted by atomic mass is 10.0. The highest BCUT2D eigenvalue weighted by atomic mass is 16.5. The summed E-state index contributed by atoms with van der Waals surface area (Å²) in [5, 5.41) is 3.63. The average molecular weight is 282 g/mol. The van der Waals surface area contributed by atoms with Gasteiger partial charge in [-0.1, -0.05) is 25.1 Å². The third-order valence-corrected chi connectivity index (χ3v) is 4.14. The van der Waals surface area contributed by atoms with Crippen molar-refractivity contribution in [3.63, 3.8) is 0 Å². The van der Waals surface area contributed by atoms with Gasteiger partial charge in [0.15, 0.2) is 0 Å². The number of methoxy groups -OCH3 is 1. The number of aromatic nitrogens is 1. The molecule has 1 N–H and O–H groups in total. The molecule has 1 unspecified atom stereocenters. The monoisotopic (exact) mass is 282 g/mol. The zero-order chi connectivity index (χ0) is 14.7. The van der Waals surface area contributed by atoms with Crippen LogP contribution < -0.4 is 10.1 Å². The third-order valence-electron chi connectivity index (χ3n) is 4.14. The van der Waals surface area contributed by atoms with Crippen LogP contribution in [0.5, 0.6) is 5.75 Å². The van der Waals surface area contributed by atoms with Crippen LogP contribution in [-0.2, 0) is 6.42 Å². The van der Waals surface area contributed by atoms with Crippen LogP contribution in [-0.4, -0.2) is 18.6 Å². The molecule has 0 saturated heterocycles. The molecule has 0 fully saturated rings. The van der Waals surface area contributed by atoms with Gasteiger partial charge in [0.1, 0.15) is 5.75 Å². The second-order valence-electron chi connectivity index (χ2n) is 5.57. The van der Waals surface area contributed by atoms with Crippen molar-refractivity contribution in [1.82, 2.24) is 10.3 Å². The normalized spacial score (nSPS) is 16.8. The predicted molar refractivity (Wildman–Crippen MR) is 85.6 cm³/mol. The van der Waals surface area contributed by atoms with Crippen LogP contribution in [0.4, 0.5) is 0 Å². The van der Waals surface area contributed by atoms with Crippen LogP contribution in [0.25, 0.3) is 11.1 Å². The zero-order valence-corrected chi connectivity index (χ0v) is 12.7. The molecule has 1 atom stereocenters. The van der Waals surface area contributed by atoms with E-state index >= 15 is 0 Å². The Morgan fingerprint density at radius 1 is 1.24 bits per heavy atom. The van der Waals surface area contributed by atoms with Crippen molar-refractivity contribution in [3.05, 3.63) is 47.8 Å². The second-order valence-corrected chi connectivity index (χ2v) is 5.57. The van der Waals surface area contributed by atoms with Crippen molar-refractivity contribution >= 4 is 0 Å². The number of nitrogens with one attached hydrogen (secondary N) is 1. The first-order chi connectivity index (χ1) is 10.3. The molecule has 1 aliphatic rings. The number of aryl methyl sites for hydroxylation is 1. The van der Waals surface area contributed by atoms with E-state index in [4.69, 9.17) is 4.74 Å². The predicted octanol–water partition coefficient (Wildman–Crippen LogP) is 3.74. The molecule has 3 rings (SSSR count). The van der Waals surface area contributed by atoms with E-state index in [1.54, 1.807) is 13.3 Å². The Bertz CT molecular complexity index is 624. The maximum absolute atomic E-state index is 5.26. The molecule has 3 heteroatoms. The molecule has 0 radical (unpaired) electrons. The number of pyridine rings is 1. The molecular formula is C18H22N2O. The summed E-state index contributed by atoms with van der Waals surface area (Å²) in [4.78, 5) is 4.24. The maximum atomic E-state index is 5.26. The van der Waals surface area contributed by atoms with Crippen molar-refractivity contribution in [1.29, 1.82) is 0 Å². The Kier molecular flexibility index (Phi) is 4.20. The van der Waals surface area contributed by atoms with Crippen molar-refractivity contribution in [2.45, 2.75) is 32.2 Å². The molecule has 1 aromatic heterocycles. The van der Waals surface area contributed by atoms with Crippen LogP contribution in [0.3, 0.4) is 0 Å². The summed E-state index contributed by atoms with van der Waals surface area (Å²) in [6.07, 6.45) is 7.17. The smallest absolute Gasteiger partial charge is 0.137 e. The number of nitrogens with zero attached hydrogens (tertiary/aromatic N) is 1. The average Bonchev–Trinajstić information content (AvgIpc) is 2.95. The first-order valence-electron chi connectivity index (χ1n) is 7.67. The fourth-order valence-corrected chi connectivity index (χ4v) is 3.02. The topological polar surface area (TPSA) is 34.2 Å². The largest absolute Gasteiger partial charge is 0.495 e. The van der Waals surface area contributed by atoms with Gasteiger partial charge in [-0.15, -0.1) is 0 Å². The summed E-state index contributed by atoms with van der Waals surface area (Å²) < 4.78 is 5.26. The van der Waals surface area contributed by atoms with Gasteiger partial charge in [-0.25, -0.2) is 0 Å². The number of rotatable bonds is 5. The Balaban J connectivity index is 1.86. The Morgan fingerprint density at radius 3 is 2.95 bits per heavy atom. The first kappa shape index (κ1) is 14.1. The summed E-state index contributed by atoms with van der Waals surface area (Å²) in [6.45, 7) is 3.30. The molecule has 3 nitrogen and oxygen atoms in total. The van der Waals surface area contributed by atoms with Gasteiger partial charge in [-0.2, -0.15) is 0 Å². The molecule has 0 spiro atoms. The Morgan fingerprint density at radius 2 is 2.14 bits per heavy atom. The van der Waals surface area contributed by atoms with Gasteiger partial charge in [-0.05, 0) is 48.6 Å². The summed E-state index contributed by atoms with van der Waals surface area (Å²) in [5.74, 6) is 0.801. The molecule has 1 heterocycles. The van der Waals surface area contributed by atoms with Gasteiger partial charge < -0.3 is 10.1 Å². The number of hydrogen-bond acceptors (Lipinski definition) is 3. The minimum absolute atomic E-state index is 0.525. The number of hydrogen-bond donors (Lipinski definition) is 1. The van der Waals surface area contributed by atoms with E-state index in [1.807, 2.05) is 12.3 Å². The molecule has 0 saturated carbocycles. The molecule has 0 aliphatic heterocycles. The minimum atomic E-state index is 0.525. The molecule has 21 heavy (non-hydrogen) atoms. The van der Waals surface area contributed by atoms with Crippen LogP contribution in [0, 0.1) is 0 Å². The Hall–Kier alpha value is -1.87. The molecule has 1 aromatic carbocycles. The van der Waals surface area contributed by atoms with E-state index in [2.05, 4.69) is 35.4 Å². The summed E-state index contributed by atoms with van der Waals surface area (Å²) in [6, 6.07) is 9.33. The van der Waals surface area contributed by atoms with E-state index in [0.717, 1.165) is 24.3 Å². The lowest BCUT2D eigenvalue weighted by Gasteiger charge is -2.13. The molecule has 110 valence electrons. The Labute approximate surface area is 126 Å². The standard InChI is InChI=1S/C18H22N2O/c1-3-8-20-18-7-5-14-9-13(4-6-17(14)18)15-10-16(21-2)12-19-11-15/h4,6,9-12,18,20H,3,5,7-8H2,1-2H3. The van der Waals surface area contributed by atoms with Crippen LogP contribution in [0.15, 0.2) is 36.7 Å². The van der Waals surface area contributed by atoms with E-state index in [0.29, 0.717) is 6.04 Å². The van der Waals surface area contributed by atoms with E-state index in [1.165, 1.54) is 29.5 Å². The molecule has 2 aromatic rings. The lowest BCUT2D eigenvalue weighted by Crippen LogP contribution is -2.19. The van der Waals surface area contributed by atoms with Crippen LogP contribution in [0.2, 0.25) is 0 Å². The molecular weight excluding hydrogens is 260 g/mol. The zero-order valence-electron chi connectivity index (χ0n) is 12.7. The quantitative estimate of drug-likeness (QED) is 0.907. The van der Waals surface area contributed by atoms with Gasteiger partial charge in [0.2, 0.25) is 0 Å². The highest BCUT2D eigenvalue weighted by molar-refractivity contribution is 5.66. The number of ether oxygens (including phenoxy) is 1. The van der Waals surface area contributed by atoms with Crippen LogP contribution >= 0.6 is 0 Å². The highest BCUT2D eigenvalue weighted by Gasteiger charge is 2.21. The summed E-state index contributed by atoms with van der Waals surface area (Å²) in [7, 11) is 1.67. The van der Waals surface area contributed by atoms with E-state index in [-0.39, 0.29) is 0 Å². The van der Waals surface area contributed by atoms with Crippen molar-refractivity contribution in [2.75, 3.05) is 13.7 Å². The highest BCUT2D eigenvalue weighted by Crippen LogP contribution is 2.34. The van der Waals surface area contributed by atoms with Gasteiger partial charge in [0.25, 0.3) is 0 Å². The second kappa shape index (κ2) is 6.27. The van der Waals surface area contributed by atoms with Crippen LogP contribution in [0.1, 0.15) is 36.9 Å². The summed E-state index contributed by atoms with van der Waals surface area (Å²) >= 11 is 0. The minimum Gasteiger partial charge on any atom is -0.495 e. The van der Waals surface area contributed by atoms with Crippen molar-refractivity contribution in [2.24, 2.45) is 0 Å².